The van der Waals surface area contributed by atoms with Crippen LogP contribution in [-0.4, -0.2) is 19.9 Å². The molecule has 0 aliphatic carbocycles. The third kappa shape index (κ3) is 5.59. The van der Waals surface area contributed by atoms with Crippen LogP contribution < -0.4 is 10.6 Å². The Kier molecular flexibility index (Phi) is 6.49. The summed E-state index contributed by atoms with van der Waals surface area (Å²) < 4.78 is 15.3. The van der Waals surface area contributed by atoms with Gasteiger partial charge in [0.2, 0.25) is 5.95 Å². The zero-order valence-corrected chi connectivity index (χ0v) is 16.0. The number of unbranched alkanes of at least 4 members (excludes halogenated alkanes) is 1. The number of nitrogens with one attached hydrogen (secondary N) is 2. The van der Waals surface area contributed by atoms with Gasteiger partial charge in [-0.1, -0.05) is 43.7 Å². The third-order valence-electron chi connectivity index (χ3n) is 4.08. The minimum atomic E-state index is -0.262. The van der Waals surface area contributed by atoms with E-state index in [-0.39, 0.29) is 5.82 Å². The summed E-state index contributed by atoms with van der Waals surface area (Å²) >= 11 is 5.31. The number of hydrogen-bond donors (Lipinski definition) is 2. The predicted molar refractivity (Wildman–Crippen MR) is 110 cm³/mol. The van der Waals surface area contributed by atoms with Crippen molar-refractivity contribution < 1.29 is 4.39 Å². The molecule has 0 bridgehead atoms. The predicted octanol–water partition coefficient (Wildman–Crippen LogP) is 4.62. The first kappa shape index (κ1) is 19.0. The number of anilines is 2. The number of rotatable bonds is 7. The summed E-state index contributed by atoms with van der Waals surface area (Å²) in [5.74, 6) is 0.102. The van der Waals surface area contributed by atoms with Gasteiger partial charge in [0.05, 0.1) is 6.54 Å². The first-order valence-corrected chi connectivity index (χ1v) is 9.34. The summed E-state index contributed by atoms with van der Waals surface area (Å²) in [5, 5.41) is 10.7. The molecule has 7 heteroatoms. The molecule has 0 fully saturated rings. The molecule has 0 spiro atoms. The molecule has 0 saturated carbocycles. The summed E-state index contributed by atoms with van der Waals surface area (Å²) in [6.45, 7) is 2.49. The molecule has 1 heterocycles. The highest BCUT2D eigenvalue weighted by molar-refractivity contribution is 7.80. The van der Waals surface area contributed by atoms with Crippen LogP contribution >= 0.6 is 12.2 Å². The van der Waals surface area contributed by atoms with Crippen LogP contribution in [0.1, 0.15) is 30.9 Å². The number of thiocarbonyl (C=S) groups is 1. The number of nitrogens with zero attached hydrogens (tertiary/aromatic N) is 3. The van der Waals surface area contributed by atoms with Crippen LogP contribution in [0.2, 0.25) is 0 Å². The summed E-state index contributed by atoms with van der Waals surface area (Å²) in [5.41, 5.74) is 2.77. The fourth-order valence-corrected chi connectivity index (χ4v) is 2.84. The molecular formula is C20H22FN5S. The summed E-state index contributed by atoms with van der Waals surface area (Å²) in [4.78, 5) is 4.16. The molecule has 0 aliphatic heterocycles. The second-order valence-corrected chi connectivity index (χ2v) is 6.65. The summed E-state index contributed by atoms with van der Waals surface area (Å²) in [7, 11) is 0. The van der Waals surface area contributed by atoms with Crippen molar-refractivity contribution in [3.63, 3.8) is 0 Å². The van der Waals surface area contributed by atoms with E-state index < -0.39 is 0 Å². The van der Waals surface area contributed by atoms with E-state index in [1.165, 1.54) is 24.5 Å². The molecule has 0 saturated heterocycles. The zero-order valence-electron chi connectivity index (χ0n) is 15.2. The van der Waals surface area contributed by atoms with Gasteiger partial charge < -0.3 is 5.32 Å². The highest BCUT2D eigenvalue weighted by Gasteiger charge is 2.07. The smallest absolute Gasteiger partial charge is 0.248 e. The molecule has 0 unspecified atom stereocenters. The SMILES string of the molecule is CCCCc1ccc(NC(=S)Nc2ncn(Cc3ccccc3F)n2)cc1. The molecule has 27 heavy (non-hydrogen) atoms. The molecule has 3 rings (SSSR count). The molecule has 3 aromatic rings. The van der Waals surface area contributed by atoms with E-state index in [9.17, 15) is 4.39 Å². The molecule has 2 N–H and O–H groups in total. The van der Waals surface area contributed by atoms with Crippen molar-refractivity contribution in [2.24, 2.45) is 0 Å². The maximum atomic E-state index is 13.7. The van der Waals surface area contributed by atoms with E-state index in [0.717, 1.165) is 12.1 Å². The average Bonchev–Trinajstić information content (AvgIpc) is 3.10. The lowest BCUT2D eigenvalue weighted by atomic mass is 10.1. The lowest BCUT2D eigenvalue weighted by Gasteiger charge is -2.09. The first-order valence-electron chi connectivity index (χ1n) is 8.94. The normalized spacial score (nSPS) is 10.6. The fourth-order valence-electron chi connectivity index (χ4n) is 2.63. The Labute approximate surface area is 163 Å². The molecule has 5 nitrogen and oxygen atoms in total. The van der Waals surface area contributed by atoms with Gasteiger partial charge in [-0.15, -0.1) is 5.10 Å². The number of halogens is 1. The van der Waals surface area contributed by atoms with Gasteiger partial charge in [-0.2, -0.15) is 0 Å². The van der Waals surface area contributed by atoms with E-state index in [1.807, 2.05) is 12.1 Å². The molecule has 0 radical (unpaired) electrons. The number of hydrogen-bond acceptors (Lipinski definition) is 3. The third-order valence-corrected chi connectivity index (χ3v) is 4.29. The van der Waals surface area contributed by atoms with Crippen LogP contribution in [0.15, 0.2) is 54.9 Å². The Morgan fingerprint density at radius 1 is 1.11 bits per heavy atom. The van der Waals surface area contributed by atoms with Gasteiger partial charge in [-0.25, -0.2) is 14.1 Å². The minimum Gasteiger partial charge on any atom is -0.332 e. The molecule has 1 aromatic heterocycles. The van der Waals surface area contributed by atoms with Gasteiger partial charge in [-0.3, -0.25) is 5.32 Å². The standard InChI is InChI=1S/C20H22FN5S/c1-2-3-6-15-9-11-17(12-10-15)23-20(27)24-19-22-14-26(25-19)13-16-7-4-5-8-18(16)21/h4-5,7-12,14H,2-3,6,13H2,1H3,(H2,23,24,25,27). The van der Waals surface area contributed by atoms with Crippen molar-refractivity contribution in [3.05, 3.63) is 71.8 Å². The van der Waals surface area contributed by atoms with Crippen molar-refractivity contribution in [1.29, 1.82) is 0 Å². The van der Waals surface area contributed by atoms with Gasteiger partial charge in [0.15, 0.2) is 5.11 Å². The van der Waals surface area contributed by atoms with Crippen LogP contribution in [0.5, 0.6) is 0 Å². The average molecular weight is 383 g/mol. The largest absolute Gasteiger partial charge is 0.332 e. The quantitative estimate of drug-likeness (QED) is 0.583. The first-order chi connectivity index (χ1) is 13.1. The van der Waals surface area contributed by atoms with E-state index in [1.54, 1.807) is 29.2 Å². The van der Waals surface area contributed by atoms with Crippen molar-refractivity contribution in [2.45, 2.75) is 32.7 Å². The van der Waals surface area contributed by atoms with Crippen molar-refractivity contribution in [3.8, 4) is 0 Å². The molecule has 0 atom stereocenters. The molecule has 0 aliphatic rings. The van der Waals surface area contributed by atoms with E-state index in [2.05, 4.69) is 39.8 Å². The number of aromatic nitrogens is 3. The van der Waals surface area contributed by atoms with Gasteiger partial charge in [0, 0.05) is 11.3 Å². The monoisotopic (exact) mass is 383 g/mol. The molecular weight excluding hydrogens is 361 g/mol. The fraction of sp³-hybridized carbons (Fsp3) is 0.250. The van der Waals surface area contributed by atoms with Crippen LogP contribution in [0.3, 0.4) is 0 Å². The molecule has 140 valence electrons. The lowest BCUT2D eigenvalue weighted by molar-refractivity contribution is 0.585. The van der Waals surface area contributed by atoms with Crippen LogP contribution in [-0.2, 0) is 13.0 Å². The van der Waals surface area contributed by atoms with Crippen LogP contribution in [0, 0.1) is 5.82 Å². The Balaban J connectivity index is 1.54. The summed E-state index contributed by atoms with van der Waals surface area (Å²) in [6, 6.07) is 14.8. The number of benzene rings is 2. The highest BCUT2D eigenvalue weighted by atomic mass is 32.1. The van der Waals surface area contributed by atoms with Gasteiger partial charge in [-0.05, 0) is 48.8 Å². The van der Waals surface area contributed by atoms with Crippen molar-refractivity contribution in [1.82, 2.24) is 14.8 Å². The second-order valence-electron chi connectivity index (χ2n) is 6.24. The Morgan fingerprint density at radius 2 is 1.89 bits per heavy atom. The van der Waals surface area contributed by atoms with E-state index in [0.29, 0.717) is 23.2 Å². The molecule has 2 aromatic carbocycles. The van der Waals surface area contributed by atoms with E-state index in [4.69, 9.17) is 12.2 Å². The van der Waals surface area contributed by atoms with Gasteiger partial charge in [0.25, 0.3) is 0 Å². The lowest BCUT2D eigenvalue weighted by Crippen LogP contribution is -2.20. The zero-order chi connectivity index (χ0) is 19.1. The number of aryl methyl sites for hydroxylation is 1. The van der Waals surface area contributed by atoms with Gasteiger partial charge in [0.1, 0.15) is 12.1 Å². The second kappa shape index (κ2) is 9.23. The molecule has 0 amide bonds. The van der Waals surface area contributed by atoms with Crippen molar-refractivity contribution in [2.75, 3.05) is 10.6 Å². The Hall–Kier alpha value is -2.80. The Bertz CT molecular complexity index is 891. The van der Waals surface area contributed by atoms with Crippen molar-refractivity contribution >= 4 is 29.0 Å². The topological polar surface area (TPSA) is 54.8 Å². The maximum absolute atomic E-state index is 13.7. The van der Waals surface area contributed by atoms with Crippen LogP contribution in [0.4, 0.5) is 16.0 Å². The van der Waals surface area contributed by atoms with Crippen LogP contribution in [0.25, 0.3) is 0 Å². The maximum Gasteiger partial charge on any atom is 0.248 e. The van der Waals surface area contributed by atoms with Gasteiger partial charge >= 0.3 is 0 Å². The Morgan fingerprint density at radius 3 is 2.63 bits per heavy atom. The highest BCUT2D eigenvalue weighted by Crippen LogP contribution is 2.13. The van der Waals surface area contributed by atoms with E-state index >= 15 is 0 Å². The summed E-state index contributed by atoms with van der Waals surface area (Å²) in [6.07, 6.45) is 5.00. The minimum absolute atomic E-state index is 0.262.